The Morgan fingerprint density at radius 3 is 2.85 bits per heavy atom. The zero-order valence-electron chi connectivity index (χ0n) is 15.1. The zero-order valence-corrected chi connectivity index (χ0v) is 15.1. The summed E-state index contributed by atoms with van der Waals surface area (Å²) in [6, 6.07) is 9.51. The van der Waals surface area contributed by atoms with Crippen LogP contribution in [0, 0.1) is 5.92 Å². The van der Waals surface area contributed by atoms with Gasteiger partial charge in [0.15, 0.2) is 0 Å². The Bertz CT molecular complexity index is 1120. The number of amides is 1. The Morgan fingerprint density at radius 1 is 1.11 bits per heavy atom. The summed E-state index contributed by atoms with van der Waals surface area (Å²) in [5.41, 5.74) is 3.49. The van der Waals surface area contributed by atoms with Crippen molar-refractivity contribution in [3.63, 3.8) is 0 Å². The van der Waals surface area contributed by atoms with Gasteiger partial charge in [-0.1, -0.05) is 0 Å². The van der Waals surface area contributed by atoms with E-state index >= 15 is 0 Å². The van der Waals surface area contributed by atoms with Crippen molar-refractivity contribution in [2.75, 3.05) is 13.1 Å². The summed E-state index contributed by atoms with van der Waals surface area (Å²) in [6.45, 7) is 3.73. The normalized spacial score (nSPS) is 21.1. The summed E-state index contributed by atoms with van der Waals surface area (Å²) in [7, 11) is 0. The lowest BCUT2D eigenvalue weighted by Crippen LogP contribution is -2.48. The van der Waals surface area contributed by atoms with Gasteiger partial charge in [0.2, 0.25) is 5.91 Å². The molecule has 0 saturated carbocycles. The third-order valence-electron chi connectivity index (χ3n) is 5.80. The first kappa shape index (κ1) is 16.2. The Hall–Kier alpha value is -3.02. The number of likely N-dealkylation sites (tertiary alicyclic amines) is 1. The van der Waals surface area contributed by atoms with Crippen molar-refractivity contribution in [1.29, 1.82) is 0 Å². The smallest absolute Gasteiger partial charge is 0.251 e. The standard InChI is InChI=1S/C21H20N4O2/c1-13(26)24-10-14-7-16(12-24)19-8-15(9-20(27)25(19)11-14)21-17-3-2-5-22-18(17)4-6-23-21/h2-6,8-9,14,16H,7,10-12H2,1H3/t14-,16+/m0/s1. The van der Waals surface area contributed by atoms with Crippen LogP contribution in [-0.4, -0.2) is 38.4 Å². The monoisotopic (exact) mass is 360 g/mol. The number of carbonyl (C=O) groups excluding carboxylic acids is 1. The van der Waals surface area contributed by atoms with Crippen LogP contribution in [-0.2, 0) is 11.3 Å². The molecule has 6 heteroatoms. The molecule has 2 aliphatic heterocycles. The fraction of sp³-hybridized carbons (Fsp3) is 0.333. The molecular weight excluding hydrogens is 340 g/mol. The maximum Gasteiger partial charge on any atom is 0.251 e. The molecular formula is C21H20N4O2. The molecule has 0 aromatic carbocycles. The molecule has 1 fully saturated rings. The predicted molar refractivity (Wildman–Crippen MR) is 102 cm³/mol. The van der Waals surface area contributed by atoms with Gasteiger partial charge in [0.05, 0.1) is 11.2 Å². The number of hydrogen-bond donors (Lipinski definition) is 0. The van der Waals surface area contributed by atoms with Crippen LogP contribution in [0.2, 0.25) is 0 Å². The largest absolute Gasteiger partial charge is 0.342 e. The molecule has 5 heterocycles. The Morgan fingerprint density at radius 2 is 2.00 bits per heavy atom. The number of hydrogen-bond acceptors (Lipinski definition) is 4. The van der Waals surface area contributed by atoms with E-state index in [1.54, 1.807) is 25.4 Å². The summed E-state index contributed by atoms with van der Waals surface area (Å²) in [6.07, 6.45) is 4.51. The van der Waals surface area contributed by atoms with Gasteiger partial charge in [-0.3, -0.25) is 19.6 Å². The quantitative estimate of drug-likeness (QED) is 0.668. The van der Waals surface area contributed by atoms with Crippen molar-refractivity contribution in [2.24, 2.45) is 5.92 Å². The van der Waals surface area contributed by atoms with Crippen LogP contribution in [0.1, 0.15) is 25.0 Å². The van der Waals surface area contributed by atoms with E-state index in [4.69, 9.17) is 0 Å². The molecule has 6 nitrogen and oxygen atoms in total. The number of pyridine rings is 3. The van der Waals surface area contributed by atoms with E-state index in [9.17, 15) is 9.59 Å². The summed E-state index contributed by atoms with van der Waals surface area (Å²) in [5.74, 6) is 0.657. The second kappa shape index (κ2) is 6.01. The van der Waals surface area contributed by atoms with E-state index in [0.717, 1.165) is 40.8 Å². The fourth-order valence-corrected chi connectivity index (χ4v) is 4.59. The predicted octanol–water partition coefficient (Wildman–Crippen LogP) is 2.42. The summed E-state index contributed by atoms with van der Waals surface area (Å²) in [4.78, 5) is 35.6. The number of rotatable bonds is 1. The molecule has 2 aliphatic rings. The molecule has 0 spiro atoms. The van der Waals surface area contributed by atoms with E-state index in [-0.39, 0.29) is 17.4 Å². The lowest BCUT2D eigenvalue weighted by atomic mass is 9.82. The number of nitrogens with zero attached hydrogens (tertiary/aromatic N) is 4. The molecule has 0 radical (unpaired) electrons. The average molecular weight is 360 g/mol. The van der Waals surface area contributed by atoms with Gasteiger partial charge in [0.25, 0.3) is 5.56 Å². The number of carbonyl (C=O) groups is 1. The lowest BCUT2D eigenvalue weighted by Gasteiger charge is -2.42. The van der Waals surface area contributed by atoms with Gasteiger partial charge < -0.3 is 9.47 Å². The number of piperidine rings is 1. The topological polar surface area (TPSA) is 68.1 Å². The van der Waals surface area contributed by atoms with Crippen LogP contribution < -0.4 is 5.56 Å². The molecule has 0 unspecified atom stereocenters. The molecule has 2 bridgehead atoms. The van der Waals surface area contributed by atoms with Gasteiger partial charge in [-0.2, -0.15) is 0 Å². The van der Waals surface area contributed by atoms with E-state index in [0.29, 0.717) is 19.0 Å². The minimum atomic E-state index is 0.0103. The lowest BCUT2D eigenvalue weighted by molar-refractivity contribution is -0.131. The summed E-state index contributed by atoms with van der Waals surface area (Å²) < 4.78 is 1.89. The van der Waals surface area contributed by atoms with Crippen molar-refractivity contribution in [2.45, 2.75) is 25.8 Å². The third-order valence-corrected chi connectivity index (χ3v) is 5.80. The van der Waals surface area contributed by atoms with E-state index in [1.807, 2.05) is 27.7 Å². The molecule has 136 valence electrons. The van der Waals surface area contributed by atoms with Gasteiger partial charge in [-0.15, -0.1) is 0 Å². The zero-order chi connectivity index (χ0) is 18.5. The van der Waals surface area contributed by atoms with Crippen molar-refractivity contribution in [1.82, 2.24) is 19.4 Å². The fourth-order valence-electron chi connectivity index (χ4n) is 4.59. The Kier molecular flexibility index (Phi) is 3.60. The van der Waals surface area contributed by atoms with Crippen LogP contribution in [0.4, 0.5) is 0 Å². The van der Waals surface area contributed by atoms with E-state index in [1.165, 1.54) is 0 Å². The van der Waals surface area contributed by atoms with Gasteiger partial charge >= 0.3 is 0 Å². The van der Waals surface area contributed by atoms with Gasteiger partial charge in [-0.25, -0.2) is 0 Å². The maximum absolute atomic E-state index is 12.9. The minimum Gasteiger partial charge on any atom is -0.342 e. The molecule has 1 amide bonds. The highest BCUT2D eigenvalue weighted by atomic mass is 16.2. The summed E-state index contributed by atoms with van der Waals surface area (Å²) >= 11 is 0. The molecule has 3 aromatic rings. The van der Waals surface area contributed by atoms with Gasteiger partial charge in [0.1, 0.15) is 0 Å². The van der Waals surface area contributed by atoms with Crippen LogP contribution in [0.25, 0.3) is 22.2 Å². The van der Waals surface area contributed by atoms with E-state index < -0.39 is 0 Å². The highest BCUT2D eigenvalue weighted by Gasteiger charge is 2.35. The molecule has 0 aliphatic carbocycles. The Labute approximate surface area is 156 Å². The van der Waals surface area contributed by atoms with Crippen LogP contribution in [0.5, 0.6) is 0 Å². The van der Waals surface area contributed by atoms with Crippen LogP contribution in [0.15, 0.2) is 47.5 Å². The molecule has 2 atom stereocenters. The summed E-state index contributed by atoms with van der Waals surface area (Å²) in [5, 5.41) is 0.937. The first-order chi connectivity index (χ1) is 13.1. The first-order valence-corrected chi connectivity index (χ1v) is 9.30. The Balaban J connectivity index is 1.66. The maximum atomic E-state index is 12.9. The van der Waals surface area contributed by atoms with Crippen molar-refractivity contribution in [3.8, 4) is 11.3 Å². The molecule has 0 N–H and O–H groups in total. The van der Waals surface area contributed by atoms with E-state index in [2.05, 4.69) is 16.0 Å². The minimum absolute atomic E-state index is 0.0103. The van der Waals surface area contributed by atoms with Gasteiger partial charge in [-0.05, 0) is 36.6 Å². The van der Waals surface area contributed by atoms with Gasteiger partial charge in [0, 0.05) is 67.6 Å². The van der Waals surface area contributed by atoms with Crippen LogP contribution >= 0.6 is 0 Å². The van der Waals surface area contributed by atoms with Crippen molar-refractivity contribution in [3.05, 3.63) is 58.8 Å². The average Bonchev–Trinajstić information content (AvgIpc) is 2.68. The molecule has 1 saturated heterocycles. The second-order valence-electron chi connectivity index (χ2n) is 7.57. The molecule has 3 aromatic heterocycles. The van der Waals surface area contributed by atoms with Crippen molar-refractivity contribution >= 4 is 16.8 Å². The number of aromatic nitrogens is 3. The highest BCUT2D eigenvalue weighted by molar-refractivity contribution is 5.92. The second-order valence-corrected chi connectivity index (χ2v) is 7.57. The number of fused-ring (bicyclic) bond motifs is 5. The first-order valence-electron chi connectivity index (χ1n) is 9.30. The SMILES string of the molecule is CC(=O)N1C[C@@H]2C[C@H](C1)c1cc(-c3nccc4ncccc34)cc(=O)n1C2. The highest BCUT2D eigenvalue weighted by Crippen LogP contribution is 2.37. The van der Waals surface area contributed by atoms with Crippen LogP contribution in [0.3, 0.4) is 0 Å². The molecule has 27 heavy (non-hydrogen) atoms. The molecule has 5 rings (SSSR count). The van der Waals surface area contributed by atoms with Crippen molar-refractivity contribution < 1.29 is 4.79 Å². The third kappa shape index (κ3) is 2.63.